The zero-order valence-electron chi connectivity index (χ0n) is 12.5. The molecule has 2 atom stereocenters. The van der Waals surface area contributed by atoms with Crippen molar-refractivity contribution in [2.24, 2.45) is 23.7 Å². The van der Waals surface area contributed by atoms with Gasteiger partial charge in [-0.05, 0) is 37.5 Å². The summed E-state index contributed by atoms with van der Waals surface area (Å²) in [6.07, 6.45) is 5.41. The second-order valence-corrected chi connectivity index (χ2v) is 5.90. The maximum absolute atomic E-state index is 12.7. The highest BCUT2D eigenvalue weighted by Gasteiger charge is 2.40. The number of carbonyl (C=O) groups is 1. The minimum Gasteiger partial charge on any atom is -0.393 e. The predicted octanol–water partition coefficient (Wildman–Crippen LogP) is 3.82. The number of aliphatic hydroxyl groups excluding tert-OH is 1. The molecule has 2 unspecified atom stereocenters. The molecule has 1 aliphatic rings. The Morgan fingerprint density at radius 3 is 1.83 bits per heavy atom. The molecule has 2 nitrogen and oxygen atoms in total. The lowest BCUT2D eigenvalue weighted by atomic mass is 9.65. The summed E-state index contributed by atoms with van der Waals surface area (Å²) in [7, 11) is 0. The zero-order valence-corrected chi connectivity index (χ0v) is 12.5. The number of hydrogen-bond donors (Lipinski definition) is 1. The van der Waals surface area contributed by atoms with Crippen LogP contribution in [0, 0.1) is 23.7 Å². The molecule has 2 heteroatoms. The van der Waals surface area contributed by atoms with Crippen LogP contribution in [0.15, 0.2) is 0 Å². The molecule has 1 fully saturated rings. The van der Waals surface area contributed by atoms with Gasteiger partial charge in [0.2, 0.25) is 0 Å². The summed E-state index contributed by atoms with van der Waals surface area (Å²) >= 11 is 0. The molecule has 0 aromatic heterocycles. The number of rotatable bonds is 6. The van der Waals surface area contributed by atoms with E-state index in [2.05, 4.69) is 27.7 Å². The quantitative estimate of drug-likeness (QED) is 0.782. The molecule has 1 rings (SSSR count). The molecule has 0 heterocycles. The van der Waals surface area contributed by atoms with E-state index in [1.165, 1.54) is 0 Å². The average molecular weight is 254 g/mol. The van der Waals surface area contributed by atoms with Crippen LogP contribution in [0.3, 0.4) is 0 Å². The first-order chi connectivity index (χ1) is 8.58. The first-order valence-corrected chi connectivity index (χ1v) is 7.80. The summed E-state index contributed by atoms with van der Waals surface area (Å²) in [5.41, 5.74) is 0. The van der Waals surface area contributed by atoms with E-state index in [9.17, 15) is 9.90 Å². The van der Waals surface area contributed by atoms with Crippen LogP contribution in [0.5, 0.6) is 0 Å². The second-order valence-electron chi connectivity index (χ2n) is 5.90. The minimum atomic E-state index is -0.189. The summed E-state index contributed by atoms with van der Waals surface area (Å²) in [4.78, 5) is 12.7. The van der Waals surface area contributed by atoms with Crippen molar-refractivity contribution in [1.29, 1.82) is 0 Å². The van der Waals surface area contributed by atoms with Gasteiger partial charge in [-0.25, -0.2) is 0 Å². The number of Topliss-reactive ketones (excluding diaryl/α,β-unsaturated/α-hetero) is 1. The first-order valence-electron chi connectivity index (χ1n) is 7.80. The van der Waals surface area contributed by atoms with Crippen molar-refractivity contribution < 1.29 is 9.90 Å². The van der Waals surface area contributed by atoms with E-state index in [4.69, 9.17) is 0 Å². The van der Waals surface area contributed by atoms with Gasteiger partial charge in [0.25, 0.3) is 0 Å². The Hall–Kier alpha value is -0.370. The van der Waals surface area contributed by atoms with Crippen molar-refractivity contribution in [3.05, 3.63) is 0 Å². The van der Waals surface area contributed by atoms with E-state index in [1.54, 1.807) is 0 Å². The van der Waals surface area contributed by atoms with Gasteiger partial charge < -0.3 is 5.11 Å². The Balaban J connectivity index is 2.88. The highest BCUT2D eigenvalue weighted by atomic mass is 16.3. The lowest BCUT2D eigenvalue weighted by Crippen LogP contribution is -2.41. The van der Waals surface area contributed by atoms with E-state index in [0.717, 1.165) is 38.5 Å². The van der Waals surface area contributed by atoms with Crippen molar-refractivity contribution in [2.75, 3.05) is 0 Å². The lowest BCUT2D eigenvalue weighted by Gasteiger charge is -2.40. The Labute approximate surface area is 112 Å². The van der Waals surface area contributed by atoms with E-state index in [-0.39, 0.29) is 17.9 Å². The molecule has 0 aromatic carbocycles. The number of aliphatic hydroxyl groups is 1. The van der Waals surface area contributed by atoms with Crippen LogP contribution >= 0.6 is 0 Å². The fourth-order valence-corrected chi connectivity index (χ4v) is 3.74. The van der Waals surface area contributed by atoms with Crippen LogP contribution in [0.25, 0.3) is 0 Å². The highest BCUT2D eigenvalue weighted by Crippen LogP contribution is 2.41. The van der Waals surface area contributed by atoms with Crippen LogP contribution in [-0.2, 0) is 4.79 Å². The summed E-state index contributed by atoms with van der Waals surface area (Å²) in [6.45, 7) is 8.54. The third kappa shape index (κ3) is 3.34. The van der Waals surface area contributed by atoms with Gasteiger partial charge >= 0.3 is 0 Å². The lowest BCUT2D eigenvalue weighted by molar-refractivity contribution is -0.134. The molecule has 0 radical (unpaired) electrons. The van der Waals surface area contributed by atoms with E-state index in [1.807, 2.05) is 0 Å². The van der Waals surface area contributed by atoms with Crippen molar-refractivity contribution >= 4 is 5.78 Å². The van der Waals surface area contributed by atoms with Gasteiger partial charge in [-0.1, -0.05) is 40.5 Å². The van der Waals surface area contributed by atoms with Crippen LogP contribution in [0.1, 0.15) is 66.2 Å². The number of hydrogen-bond acceptors (Lipinski definition) is 2. The molecule has 0 saturated heterocycles. The van der Waals surface area contributed by atoms with Gasteiger partial charge in [0.05, 0.1) is 6.10 Å². The Kier molecular flexibility index (Phi) is 6.34. The largest absolute Gasteiger partial charge is 0.393 e. The van der Waals surface area contributed by atoms with E-state index in [0.29, 0.717) is 17.6 Å². The van der Waals surface area contributed by atoms with Gasteiger partial charge in [-0.15, -0.1) is 0 Å². The molecule has 0 bridgehead atoms. The molecule has 0 spiro atoms. The topological polar surface area (TPSA) is 37.3 Å². The zero-order chi connectivity index (χ0) is 13.7. The SMILES string of the molecule is CCC(CC)C(=O)C1C(CC)CC(O)CC1CC. The normalized spacial score (nSPS) is 32.8. The summed E-state index contributed by atoms with van der Waals surface area (Å²) < 4.78 is 0. The summed E-state index contributed by atoms with van der Waals surface area (Å²) in [5.74, 6) is 1.70. The van der Waals surface area contributed by atoms with Crippen molar-refractivity contribution in [1.82, 2.24) is 0 Å². The molecule has 1 aliphatic carbocycles. The number of ketones is 1. The minimum absolute atomic E-state index is 0.189. The molecule has 0 aliphatic heterocycles. The monoisotopic (exact) mass is 254 g/mol. The van der Waals surface area contributed by atoms with Crippen LogP contribution < -0.4 is 0 Å². The van der Waals surface area contributed by atoms with E-state index < -0.39 is 0 Å². The molecule has 106 valence electrons. The fraction of sp³-hybridized carbons (Fsp3) is 0.938. The van der Waals surface area contributed by atoms with E-state index >= 15 is 0 Å². The fourth-order valence-electron chi connectivity index (χ4n) is 3.74. The molecular weight excluding hydrogens is 224 g/mol. The maximum Gasteiger partial charge on any atom is 0.139 e. The average Bonchev–Trinajstić information content (AvgIpc) is 2.38. The molecule has 0 amide bonds. The number of carbonyl (C=O) groups excluding carboxylic acids is 1. The van der Waals surface area contributed by atoms with Gasteiger partial charge in [-0.2, -0.15) is 0 Å². The van der Waals surface area contributed by atoms with Crippen molar-refractivity contribution in [2.45, 2.75) is 72.3 Å². The standard InChI is InChI=1S/C16H30O2/c1-5-11(6-2)16(18)15-12(7-3)9-14(17)10-13(15)8-4/h11-15,17H,5-10H2,1-4H3. The van der Waals surface area contributed by atoms with Crippen molar-refractivity contribution in [3.8, 4) is 0 Å². The Morgan fingerprint density at radius 1 is 1.06 bits per heavy atom. The third-order valence-corrected chi connectivity index (χ3v) is 4.93. The molecule has 1 saturated carbocycles. The van der Waals surface area contributed by atoms with Crippen LogP contribution in [0.2, 0.25) is 0 Å². The summed E-state index contributed by atoms with van der Waals surface area (Å²) in [6, 6.07) is 0. The van der Waals surface area contributed by atoms with Gasteiger partial charge in [0.15, 0.2) is 0 Å². The Morgan fingerprint density at radius 2 is 1.50 bits per heavy atom. The van der Waals surface area contributed by atoms with Gasteiger partial charge in [0, 0.05) is 11.8 Å². The molecule has 1 N–H and O–H groups in total. The predicted molar refractivity (Wildman–Crippen MR) is 75.4 cm³/mol. The van der Waals surface area contributed by atoms with Crippen molar-refractivity contribution in [3.63, 3.8) is 0 Å². The maximum atomic E-state index is 12.7. The molecule has 0 aromatic rings. The molecular formula is C16H30O2. The van der Waals surface area contributed by atoms with Crippen LogP contribution in [-0.4, -0.2) is 17.0 Å². The second kappa shape index (κ2) is 7.28. The third-order valence-electron chi connectivity index (χ3n) is 4.93. The van der Waals surface area contributed by atoms with Crippen LogP contribution in [0.4, 0.5) is 0 Å². The van der Waals surface area contributed by atoms with Gasteiger partial charge in [-0.3, -0.25) is 4.79 Å². The molecule has 18 heavy (non-hydrogen) atoms. The smallest absolute Gasteiger partial charge is 0.139 e. The first kappa shape index (κ1) is 15.7. The Bertz CT molecular complexity index is 244. The highest BCUT2D eigenvalue weighted by molar-refractivity contribution is 5.84. The van der Waals surface area contributed by atoms with Gasteiger partial charge in [0.1, 0.15) is 5.78 Å². The summed E-state index contributed by atoms with van der Waals surface area (Å²) in [5, 5.41) is 9.95.